The Kier molecular flexibility index (Phi) is 6.22. The first-order chi connectivity index (χ1) is 15.6. The summed E-state index contributed by atoms with van der Waals surface area (Å²) in [5, 5.41) is 11.6. The van der Waals surface area contributed by atoms with Crippen LogP contribution in [0.1, 0.15) is 17.1 Å². The van der Waals surface area contributed by atoms with Crippen molar-refractivity contribution in [3.63, 3.8) is 0 Å². The van der Waals surface area contributed by atoms with E-state index in [9.17, 15) is 9.59 Å². The van der Waals surface area contributed by atoms with E-state index in [4.69, 9.17) is 9.84 Å². The van der Waals surface area contributed by atoms with Crippen LogP contribution in [0.4, 0.5) is 0 Å². The summed E-state index contributed by atoms with van der Waals surface area (Å²) in [7, 11) is 0. The number of carbonyl (C=O) groups is 2. The van der Waals surface area contributed by atoms with Crippen molar-refractivity contribution in [2.24, 2.45) is 0 Å². The third-order valence-electron chi connectivity index (χ3n) is 4.60. The van der Waals surface area contributed by atoms with Crippen molar-refractivity contribution in [1.29, 1.82) is 0 Å². The number of nitrogens with one attached hydrogen (secondary N) is 2. The zero-order chi connectivity index (χ0) is 22.3. The zero-order valence-corrected chi connectivity index (χ0v) is 17.0. The van der Waals surface area contributed by atoms with Gasteiger partial charge in [0.15, 0.2) is 6.61 Å². The van der Waals surface area contributed by atoms with Gasteiger partial charge in [0.1, 0.15) is 11.6 Å². The SMILES string of the molecule is O=C(O)COc1ccc(C=C(C(=O)NCc2ccccn2)c2nc3ccccc3[nH]2)cc1. The Labute approximate surface area is 183 Å². The Bertz CT molecular complexity index is 1230. The van der Waals surface area contributed by atoms with Gasteiger partial charge in [-0.1, -0.05) is 30.3 Å². The van der Waals surface area contributed by atoms with Gasteiger partial charge in [0.25, 0.3) is 5.91 Å². The second kappa shape index (κ2) is 9.57. The van der Waals surface area contributed by atoms with E-state index >= 15 is 0 Å². The van der Waals surface area contributed by atoms with Crippen LogP contribution in [0.25, 0.3) is 22.7 Å². The molecule has 1 amide bonds. The summed E-state index contributed by atoms with van der Waals surface area (Å²) in [6.07, 6.45) is 3.39. The summed E-state index contributed by atoms with van der Waals surface area (Å²) in [5.74, 6) is -0.489. The Morgan fingerprint density at radius 1 is 1.03 bits per heavy atom. The van der Waals surface area contributed by atoms with Gasteiger partial charge in [-0.15, -0.1) is 0 Å². The number of carbonyl (C=O) groups excluding carboxylic acids is 1. The number of benzene rings is 2. The highest BCUT2D eigenvalue weighted by Gasteiger charge is 2.16. The molecule has 0 bridgehead atoms. The molecular formula is C24H20N4O4. The van der Waals surface area contributed by atoms with Crippen molar-refractivity contribution in [3.8, 4) is 5.75 Å². The molecule has 8 nitrogen and oxygen atoms in total. The van der Waals surface area contributed by atoms with Crippen LogP contribution in [0.5, 0.6) is 5.75 Å². The highest BCUT2D eigenvalue weighted by Crippen LogP contribution is 2.21. The van der Waals surface area contributed by atoms with Crippen molar-refractivity contribution in [2.45, 2.75) is 6.54 Å². The van der Waals surface area contributed by atoms with Crippen LogP contribution in [0, 0.1) is 0 Å². The van der Waals surface area contributed by atoms with Gasteiger partial charge in [0, 0.05) is 6.20 Å². The molecule has 0 radical (unpaired) electrons. The van der Waals surface area contributed by atoms with Crippen LogP contribution in [0.15, 0.2) is 72.9 Å². The molecule has 0 saturated carbocycles. The van der Waals surface area contributed by atoms with Gasteiger partial charge in [-0.05, 0) is 48.0 Å². The second-order valence-electron chi connectivity index (χ2n) is 6.92. The standard InChI is InChI=1S/C24H20N4O4/c29-22(30)15-32-18-10-8-16(9-11-18)13-19(23-27-20-6-1-2-7-21(20)28-23)24(31)26-14-17-5-3-4-12-25-17/h1-13H,14-15H2,(H,26,31)(H,27,28)(H,29,30). The minimum Gasteiger partial charge on any atom is -0.482 e. The van der Waals surface area contributed by atoms with Gasteiger partial charge in [0.05, 0.1) is 28.8 Å². The van der Waals surface area contributed by atoms with Gasteiger partial charge in [-0.25, -0.2) is 9.78 Å². The number of hydrogen-bond acceptors (Lipinski definition) is 5. The quantitative estimate of drug-likeness (QED) is 0.371. The second-order valence-corrected chi connectivity index (χ2v) is 6.92. The van der Waals surface area contributed by atoms with Crippen LogP contribution in [0.3, 0.4) is 0 Å². The number of nitrogens with zero attached hydrogens (tertiary/aromatic N) is 2. The molecule has 2 aromatic heterocycles. The molecule has 32 heavy (non-hydrogen) atoms. The Hall–Kier alpha value is -4.46. The number of fused-ring (bicyclic) bond motifs is 1. The van der Waals surface area contributed by atoms with Crippen LogP contribution in [-0.2, 0) is 16.1 Å². The fourth-order valence-electron chi connectivity index (χ4n) is 3.06. The zero-order valence-electron chi connectivity index (χ0n) is 17.0. The number of ether oxygens (including phenoxy) is 1. The van der Waals surface area contributed by atoms with Crippen LogP contribution >= 0.6 is 0 Å². The van der Waals surface area contributed by atoms with E-state index in [-0.39, 0.29) is 12.5 Å². The maximum absolute atomic E-state index is 13.1. The Morgan fingerprint density at radius 2 is 1.81 bits per heavy atom. The van der Waals surface area contributed by atoms with Gasteiger partial charge < -0.3 is 20.1 Å². The average Bonchev–Trinajstić information content (AvgIpc) is 3.25. The number of para-hydroxylation sites is 2. The topological polar surface area (TPSA) is 117 Å². The molecule has 0 aliphatic carbocycles. The molecule has 0 unspecified atom stereocenters. The molecule has 4 aromatic rings. The number of amides is 1. The monoisotopic (exact) mass is 428 g/mol. The van der Waals surface area contributed by atoms with Gasteiger partial charge >= 0.3 is 5.97 Å². The van der Waals surface area contributed by atoms with E-state index in [0.29, 0.717) is 17.1 Å². The van der Waals surface area contributed by atoms with Crippen molar-refractivity contribution in [3.05, 3.63) is 90.0 Å². The molecule has 0 spiro atoms. The van der Waals surface area contributed by atoms with E-state index < -0.39 is 12.6 Å². The number of aromatic nitrogens is 3. The smallest absolute Gasteiger partial charge is 0.341 e. The molecule has 0 atom stereocenters. The van der Waals surface area contributed by atoms with E-state index in [1.54, 1.807) is 36.5 Å². The van der Waals surface area contributed by atoms with Gasteiger partial charge in [-0.2, -0.15) is 0 Å². The van der Waals surface area contributed by atoms with Crippen molar-refractivity contribution in [1.82, 2.24) is 20.3 Å². The fourth-order valence-corrected chi connectivity index (χ4v) is 3.06. The minimum atomic E-state index is -1.05. The lowest BCUT2D eigenvalue weighted by Crippen LogP contribution is -2.24. The summed E-state index contributed by atoms with van der Waals surface area (Å²) in [6.45, 7) is -0.144. The number of aromatic amines is 1. The number of carboxylic acid groups (broad SMARTS) is 1. The van der Waals surface area contributed by atoms with E-state index in [1.807, 2.05) is 42.5 Å². The average molecular weight is 428 g/mol. The highest BCUT2D eigenvalue weighted by molar-refractivity contribution is 6.23. The maximum atomic E-state index is 13.1. The number of rotatable bonds is 8. The number of aliphatic carboxylic acids is 1. The van der Waals surface area contributed by atoms with Gasteiger partial charge in [-0.3, -0.25) is 9.78 Å². The number of hydrogen-bond donors (Lipinski definition) is 3. The van der Waals surface area contributed by atoms with E-state index in [1.165, 1.54) is 0 Å². The summed E-state index contributed by atoms with van der Waals surface area (Å²) in [6, 6.07) is 19.8. The van der Waals surface area contributed by atoms with Crippen LogP contribution < -0.4 is 10.1 Å². The molecule has 0 aliphatic rings. The first-order valence-corrected chi connectivity index (χ1v) is 9.88. The van der Waals surface area contributed by atoms with Crippen LogP contribution in [-0.4, -0.2) is 38.5 Å². The van der Waals surface area contributed by atoms with E-state index in [2.05, 4.69) is 20.3 Å². The van der Waals surface area contributed by atoms with Crippen molar-refractivity contribution in [2.75, 3.05) is 6.61 Å². The molecule has 8 heteroatoms. The Morgan fingerprint density at radius 3 is 2.53 bits per heavy atom. The summed E-state index contributed by atoms with van der Waals surface area (Å²) in [4.78, 5) is 35.7. The van der Waals surface area contributed by atoms with E-state index in [0.717, 1.165) is 22.3 Å². The Balaban J connectivity index is 1.62. The summed E-state index contributed by atoms with van der Waals surface area (Å²) < 4.78 is 5.16. The molecule has 3 N–H and O–H groups in total. The lowest BCUT2D eigenvalue weighted by molar-refractivity contribution is -0.139. The number of pyridine rings is 1. The molecule has 2 heterocycles. The van der Waals surface area contributed by atoms with Gasteiger partial charge in [0.2, 0.25) is 0 Å². The van der Waals surface area contributed by atoms with Crippen molar-refractivity contribution < 1.29 is 19.4 Å². The molecular weight excluding hydrogens is 408 g/mol. The third-order valence-corrected chi connectivity index (χ3v) is 4.60. The predicted molar refractivity (Wildman–Crippen MR) is 120 cm³/mol. The highest BCUT2D eigenvalue weighted by atomic mass is 16.5. The first kappa shape index (κ1) is 20.8. The van der Waals surface area contributed by atoms with Crippen molar-refractivity contribution >= 4 is 34.6 Å². The summed E-state index contributed by atoms with van der Waals surface area (Å²) >= 11 is 0. The third kappa shape index (κ3) is 5.17. The number of imidazole rings is 1. The molecule has 0 fully saturated rings. The number of carboxylic acids is 1. The predicted octanol–water partition coefficient (Wildman–Crippen LogP) is 3.28. The molecule has 160 valence electrons. The molecule has 4 rings (SSSR count). The number of H-pyrrole nitrogens is 1. The maximum Gasteiger partial charge on any atom is 0.341 e. The minimum absolute atomic E-state index is 0.277. The summed E-state index contributed by atoms with van der Waals surface area (Å²) in [5.41, 5.74) is 3.41. The molecule has 2 aromatic carbocycles. The first-order valence-electron chi connectivity index (χ1n) is 9.88. The lowest BCUT2D eigenvalue weighted by atomic mass is 10.1. The largest absolute Gasteiger partial charge is 0.482 e. The molecule has 0 aliphatic heterocycles. The normalized spacial score (nSPS) is 11.3. The molecule has 0 saturated heterocycles. The lowest BCUT2D eigenvalue weighted by Gasteiger charge is -2.08. The van der Waals surface area contributed by atoms with Crippen LogP contribution in [0.2, 0.25) is 0 Å². The fraction of sp³-hybridized carbons (Fsp3) is 0.0833.